The second kappa shape index (κ2) is 7.98. The number of halogens is 4. The molecule has 0 saturated heterocycles. The summed E-state index contributed by atoms with van der Waals surface area (Å²) in [4.78, 5) is 21.4. The maximum atomic E-state index is 13.2. The molecule has 0 saturated carbocycles. The van der Waals surface area contributed by atoms with Gasteiger partial charge in [-0.3, -0.25) is 4.79 Å². The Morgan fingerprint density at radius 2 is 1.71 bits per heavy atom. The van der Waals surface area contributed by atoms with Gasteiger partial charge >= 0.3 is 6.18 Å². The van der Waals surface area contributed by atoms with E-state index in [4.69, 9.17) is 0 Å². The van der Waals surface area contributed by atoms with Gasteiger partial charge < -0.3 is 10.6 Å². The molecular formula is C22H18F4N4O. The number of carbonyl (C=O) groups excluding carboxylic acids is 1. The Labute approximate surface area is 175 Å². The summed E-state index contributed by atoms with van der Waals surface area (Å²) in [6.07, 6.45) is -3.61. The number of rotatable bonds is 4. The van der Waals surface area contributed by atoms with Crippen molar-refractivity contribution >= 4 is 28.9 Å². The van der Waals surface area contributed by atoms with Gasteiger partial charge in [-0.15, -0.1) is 0 Å². The molecule has 1 aromatic heterocycles. The van der Waals surface area contributed by atoms with Crippen LogP contribution in [0.4, 0.5) is 40.7 Å². The van der Waals surface area contributed by atoms with Crippen LogP contribution in [0, 0.1) is 11.7 Å². The van der Waals surface area contributed by atoms with E-state index in [2.05, 4.69) is 20.6 Å². The molecule has 1 heterocycles. The molecule has 0 aliphatic heterocycles. The number of aromatic nitrogens is 2. The Morgan fingerprint density at radius 1 is 0.968 bits per heavy atom. The van der Waals surface area contributed by atoms with E-state index in [0.717, 1.165) is 12.1 Å². The van der Waals surface area contributed by atoms with Crippen molar-refractivity contribution in [2.45, 2.75) is 25.9 Å². The number of carbonyl (C=O) groups is 1. The van der Waals surface area contributed by atoms with E-state index < -0.39 is 17.6 Å². The van der Waals surface area contributed by atoms with E-state index in [-0.39, 0.29) is 29.2 Å². The van der Waals surface area contributed by atoms with Gasteiger partial charge in [0.25, 0.3) is 0 Å². The Hall–Kier alpha value is -3.49. The Morgan fingerprint density at radius 3 is 2.42 bits per heavy atom. The van der Waals surface area contributed by atoms with Crippen molar-refractivity contribution in [3.05, 3.63) is 71.2 Å². The number of alkyl halides is 3. The quantitative estimate of drug-likeness (QED) is 0.506. The Kier molecular flexibility index (Phi) is 5.34. The molecule has 2 aromatic carbocycles. The molecule has 0 spiro atoms. The van der Waals surface area contributed by atoms with Gasteiger partial charge in [0.1, 0.15) is 11.6 Å². The zero-order valence-corrected chi connectivity index (χ0v) is 16.4. The normalized spacial score (nSPS) is 16.0. The number of ketones is 1. The molecule has 5 nitrogen and oxygen atoms in total. The van der Waals surface area contributed by atoms with Gasteiger partial charge in [-0.25, -0.2) is 9.37 Å². The fourth-order valence-electron chi connectivity index (χ4n) is 3.49. The number of benzene rings is 2. The van der Waals surface area contributed by atoms with E-state index in [1.807, 2.05) is 6.92 Å². The minimum Gasteiger partial charge on any atom is -0.339 e. The molecule has 31 heavy (non-hydrogen) atoms. The Balaban J connectivity index is 1.73. The zero-order chi connectivity index (χ0) is 22.2. The van der Waals surface area contributed by atoms with Crippen molar-refractivity contribution in [1.82, 2.24) is 9.97 Å². The van der Waals surface area contributed by atoms with Gasteiger partial charge in [0.05, 0.1) is 16.8 Å². The lowest BCUT2D eigenvalue weighted by molar-refractivity contribution is -0.137. The van der Waals surface area contributed by atoms with Crippen molar-refractivity contribution in [2.75, 3.05) is 10.6 Å². The van der Waals surface area contributed by atoms with Crippen molar-refractivity contribution < 1.29 is 22.4 Å². The van der Waals surface area contributed by atoms with Gasteiger partial charge in [-0.05, 0) is 54.8 Å². The Bertz CT molecular complexity index is 1130. The SMILES string of the molecule is CC1CC(=O)c2c(nc(Nc3cccc(C(F)(F)F)c3)nc2Nc2ccc(F)cc2)C1. The monoisotopic (exact) mass is 430 g/mol. The van der Waals surface area contributed by atoms with Gasteiger partial charge in [-0.1, -0.05) is 13.0 Å². The van der Waals surface area contributed by atoms with E-state index >= 15 is 0 Å². The van der Waals surface area contributed by atoms with Gasteiger partial charge in [0.2, 0.25) is 5.95 Å². The van der Waals surface area contributed by atoms with Crippen LogP contribution in [-0.2, 0) is 12.6 Å². The molecule has 1 aliphatic rings. The van der Waals surface area contributed by atoms with Gasteiger partial charge in [0, 0.05) is 17.8 Å². The summed E-state index contributed by atoms with van der Waals surface area (Å²) < 4.78 is 52.3. The molecule has 0 fully saturated rings. The molecule has 3 aromatic rings. The average molecular weight is 430 g/mol. The summed E-state index contributed by atoms with van der Waals surface area (Å²) in [5.74, 6) is -0.168. The first kappa shape index (κ1) is 20.8. The second-order valence-corrected chi connectivity index (χ2v) is 7.49. The van der Waals surface area contributed by atoms with Crippen LogP contribution in [-0.4, -0.2) is 15.8 Å². The minimum absolute atomic E-state index is 0.0598. The third-order valence-corrected chi connectivity index (χ3v) is 4.89. The molecule has 0 radical (unpaired) electrons. The number of Topliss-reactive ketones (excluding diaryl/α,β-unsaturated/α-hetero) is 1. The molecule has 160 valence electrons. The molecular weight excluding hydrogens is 412 g/mol. The van der Waals surface area contributed by atoms with Crippen LogP contribution in [0.5, 0.6) is 0 Å². The predicted octanol–water partition coefficient (Wildman–Crippen LogP) is 5.89. The summed E-state index contributed by atoms with van der Waals surface area (Å²) in [5.41, 5.74) is 0.732. The first-order valence-corrected chi connectivity index (χ1v) is 9.60. The first-order valence-electron chi connectivity index (χ1n) is 9.60. The number of anilines is 4. The third kappa shape index (κ3) is 4.65. The third-order valence-electron chi connectivity index (χ3n) is 4.89. The lowest BCUT2D eigenvalue weighted by Gasteiger charge is -2.23. The molecule has 2 N–H and O–H groups in total. The van der Waals surface area contributed by atoms with Crippen molar-refractivity contribution in [3.8, 4) is 0 Å². The largest absolute Gasteiger partial charge is 0.416 e. The highest BCUT2D eigenvalue weighted by Crippen LogP contribution is 2.33. The highest BCUT2D eigenvalue weighted by atomic mass is 19.4. The maximum Gasteiger partial charge on any atom is 0.416 e. The first-order chi connectivity index (χ1) is 14.7. The van der Waals surface area contributed by atoms with Gasteiger partial charge in [0.15, 0.2) is 5.78 Å². The van der Waals surface area contributed by atoms with E-state index in [0.29, 0.717) is 29.8 Å². The smallest absolute Gasteiger partial charge is 0.339 e. The van der Waals surface area contributed by atoms with Crippen LogP contribution in [0.3, 0.4) is 0 Å². The van der Waals surface area contributed by atoms with E-state index in [1.54, 1.807) is 0 Å². The van der Waals surface area contributed by atoms with Crippen molar-refractivity contribution in [1.29, 1.82) is 0 Å². The van der Waals surface area contributed by atoms with Crippen LogP contribution in [0.15, 0.2) is 48.5 Å². The van der Waals surface area contributed by atoms with Crippen molar-refractivity contribution in [3.63, 3.8) is 0 Å². The summed E-state index contributed by atoms with van der Waals surface area (Å²) in [6, 6.07) is 10.2. The van der Waals surface area contributed by atoms with Crippen LogP contribution < -0.4 is 10.6 Å². The molecule has 1 aliphatic carbocycles. The van der Waals surface area contributed by atoms with Crippen LogP contribution in [0.25, 0.3) is 0 Å². The number of nitrogens with zero attached hydrogens (tertiary/aromatic N) is 2. The molecule has 4 rings (SSSR count). The molecule has 0 bridgehead atoms. The van der Waals surface area contributed by atoms with Crippen LogP contribution in [0.2, 0.25) is 0 Å². The highest BCUT2D eigenvalue weighted by molar-refractivity contribution is 6.03. The van der Waals surface area contributed by atoms with Crippen LogP contribution >= 0.6 is 0 Å². The van der Waals surface area contributed by atoms with E-state index in [1.165, 1.54) is 36.4 Å². The fraction of sp³-hybridized carbons (Fsp3) is 0.227. The standard InChI is InChI=1S/C22H18F4N4O/c1-12-9-17-19(18(31)10-12)20(27-15-7-5-14(23)6-8-15)30-21(29-17)28-16-4-2-3-13(11-16)22(24,25)26/h2-8,11-12H,9-10H2,1H3,(H2,27,28,29,30). The summed E-state index contributed by atoms with van der Waals surface area (Å²) >= 11 is 0. The predicted molar refractivity (Wildman–Crippen MR) is 108 cm³/mol. The second-order valence-electron chi connectivity index (χ2n) is 7.49. The van der Waals surface area contributed by atoms with E-state index in [9.17, 15) is 22.4 Å². The van der Waals surface area contributed by atoms with Gasteiger partial charge in [-0.2, -0.15) is 18.2 Å². The minimum atomic E-state index is -4.48. The maximum absolute atomic E-state index is 13.2. The summed E-state index contributed by atoms with van der Waals surface area (Å²) in [6.45, 7) is 1.93. The topological polar surface area (TPSA) is 66.9 Å². The fourth-order valence-corrected chi connectivity index (χ4v) is 3.49. The summed E-state index contributed by atoms with van der Waals surface area (Å²) in [7, 11) is 0. The zero-order valence-electron chi connectivity index (χ0n) is 16.4. The van der Waals surface area contributed by atoms with Crippen LogP contribution in [0.1, 0.15) is 35.0 Å². The molecule has 0 amide bonds. The summed E-state index contributed by atoms with van der Waals surface area (Å²) in [5, 5.41) is 5.81. The molecule has 9 heteroatoms. The van der Waals surface area contributed by atoms with Crippen molar-refractivity contribution in [2.24, 2.45) is 5.92 Å². The number of fused-ring (bicyclic) bond motifs is 1. The number of hydrogen-bond acceptors (Lipinski definition) is 5. The number of nitrogens with one attached hydrogen (secondary N) is 2. The lowest BCUT2D eigenvalue weighted by Crippen LogP contribution is -2.22. The molecule has 1 atom stereocenters. The molecule has 1 unspecified atom stereocenters. The highest BCUT2D eigenvalue weighted by Gasteiger charge is 2.31. The number of hydrogen-bond donors (Lipinski definition) is 2. The lowest BCUT2D eigenvalue weighted by atomic mass is 9.87. The average Bonchev–Trinajstić information content (AvgIpc) is 2.68.